The molecule has 0 aliphatic rings. The highest BCUT2D eigenvalue weighted by atomic mass is 16.1. The van der Waals surface area contributed by atoms with Crippen molar-refractivity contribution >= 4 is 5.78 Å². The Morgan fingerprint density at radius 3 is 2.28 bits per heavy atom. The van der Waals surface area contributed by atoms with Gasteiger partial charge in [0.05, 0.1) is 0 Å². The van der Waals surface area contributed by atoms with E-state index in [1.807, 2.05) is 12.1 Å². The molecule has 0 spiro atoms. The molecule has 1 aromatic carbocycles. The lowest BCUT2D eigenvalue weighted by Gasteiger charge is -2.29. The molecule has 0 bridgehead atoms. The van der Waals surface area contributed by atoms with Crippen LogP contribution >= 0.6 is 0 Å². The van der Waals surface area contributed by atoms with Crippen LogP contribution in [0.3, 0.4) is 0 Å². The van der Waals surface area contributed by atoms with Gasteiger partial charge in [-0.2, -0.15) is 0 Å². The van der Waals surface area contributed by atoms with Crippen molar-refractivity contribution in [1.29, 1.82) is 0 Å². The van der Waals surface area contributed by atoms with E-state index in [0.29, 0.717) is 17.3 Å². The molecule has 0 aromatic heterocycles. The molecule has 0 saturated carbocycles. The molecule has 0 N–H and O–H groups in total. The molecule has 0 aliphatic heterocycles. The molecule has 0 fully saturated rings. The average molecular weight is 246 g/mol. The van der Waals surface area contributed by atoms with Crippen LogP contribution in [0, 0.1) is 11.3 Å². The topological polar surface area (TPSA) is 17.1 Å². The van der Waals surface area contributed by atoms with E-state index in [1.54, 1.807) is 6.92 Å². The van der Waals surface area contributed by atoms with Crippen LogP contribution in [0.25, 0.3) is 0 Å². The van der Waals surface area contributed by atoms with Gasteiger partial charge in [-0.15, -0.1) is 0 Å². The van der Waals surface area contributed by atoms with Crippen molar-refractivity contribution in [3.05, 3.63) is 35.4 Å². The maximum Gasteiger partial charge on any atom is 0.159 e. The first-order valence-electron chi connectivity index (χ1n) is 6.81. The van der Waals surface area contributed by atoms with E-state index in [9.17, 15) is 4.79 Å². The average Bonchev–Trinajstić information content (AvgIpc) is 2.24. The first-order valence-corrected chi connectivity index (χ1v) is 6.81. The van der Waals surface area contributed by atoms with Crippen molar-refractivity contribution in [3.8, 4) is 0 Å². The minimum atomic E-state index is 0.148. The number of carbonyl (C=O) groups excluding carboxylic acids is 1. The van der Waals surface area contributed by atoms with Crippen molar-refractivity contribution in [2.24, 2.45) is 11.3 Å². The fourth-order valence-electron chi connectivity index (χ4n) is 2.39. The fourth-order valence-corrected chi connectivity index (χ4v) is 2.39. The van der Waals surface area contributed by atoms with Crippen LogP contribution in [0.4, 0.5) is 0 Å². The lowest BCUT2D eigenvalue weighted by molar-refractivity contribution is 0.101. The van der Waals surface area contributed by atoms with E-state index < -0.39 is 0 Å². The maximum atomic E-state index is 11.5. The number of benzene rings is 1. The maximum absolute atomic E-state index is 11.5. The van der Waals surface area contributed by atoms with Crippen LogP contribution in [0.15, 0.2) is 24.3 Å². The number of carbonyl (C=O) groups is 1. The molecule has 100 valence electrons. The van der Waals surface area contributed by atoms with E-state index >= 15 is 0 Å². The Balaban J connectivity index is 3.06. The molecule has 0 radical (unpaired) electrons. The van der Waals surface area contributed by atoms with E-state index in [4.69, 9.17) is 0 Å². The third kappa shape index (κ3) is 4.29. The highest BCUT2D eigenvalue weighted by molar-refractivity contribution is 5.94. The molecule has 1 rings (SSSR count). The summed E-state index contributed by atoms with van der Waals surface area (Å²) in [5.41, 5.74) is 2.43. The number of ketones is 1. The van der Waals surface area contributed by atoms with Gasteiger partial charge in [-0.05, 0) is 42.2 Å². The molecule has 1 nitrogen and oxygen atoms in total. The van der Waals surface area contributed by atoms with Gasteiger partial charge in [0, 0.05) is 5.56 Å². The number of hydrogen-bond donors (Lipinski definition) is 0. The summed E-state index contributed by atoms with van der Waals surface area (Å²) in [5.74, 6) is 1.26. The SMILES string of the molecule is CC(=O)c1cccc(C(CC(C)(C)C)C(C)C)c1. The quantitative estimate of drug-likeness (QED) is 0.678. The molecule has 1 unspecified atom stereocenters. The summed E-state index contributed by atoms with van der Waals surface area (Å²) in [6.07, 6.45) is 1.14. The fraction of sp³-hybridized carbons (Fsp3) is 0.588. The molecule has 0 aliphatic carbocycles. The highest BCUT2D eigenvalue weighted by Gasteiger charge is 2.23. The van der Waals surface area contributed by atoms with Gasteiger partial charge in [0.25, 0.3) is 0 Å². The summed E-state index contributed by atoms with van der Waals surface area (Å²) in [6, 6.07) is 8.13. The van der Waals surface area contributed by atoms with Gasteiger partial charge in [-0.3, -0.25) is 4.79 Å². The second kappa shape index (κ2) is 5.69. The standard InChI is InChI=1S/C17H26O/c1-12(2)16(11-17(4,5)6)15-9-7-8-14(10-15)13(3)18/h7-10,12,16H,11H2,1-6H3. The van der Waals surface area contributed by atoms with Gasteiger partial charge in [0.15, 0.2) is 5.78 Å². The van der Waals surface area contributed by atoms with E-state index in [-0.39, 0.29) is 5.78 Å². The molecular weight excluding hydrogens is 220 g/mol. The molecule has 1 atom stereocenters. The minimum Gasteiger partial charge on any atom is -0.295 e. The molecule has 0 saturated heterocycles. The summed E-state index contributed by atoms with van der Waals surface area (Å²) in [5, 5.41) is 0. The van der Waals surface area contributed by atoms with E-state index in [0.717, 1.165) is 12.0 Å². The van der Waals surface area contributed by atoms with E-state index in [2.05, 4.69) is 46.8 Å². The number of Topliss-reactive ketones (excluding diaryl/α,β-unsaturated/α-hetero) is 1. The Bertz CT molecular complexity index is 410. The van der Waals surface area contributed by atoms with Gasteiger partial charge < -0.3 is 0 Å². The Hall–Kier alpha value is -1.11. The molecular formula is C17H26O. The van der Waals surface area contributed by atoms with E-state index in [1.165, 1.54) is 5.56 Å². The minimum absolute atomic E-state index is 0.148. The number of hydrogen-bond acceptors (Lipinski definition) is 1. The highest BCUT2D eigenvalue weighted by Crippen LogP contribution is 2.36. The van der Waals surface area contributed by atoms with Crippen molar-refractivity contribution in [2.45, 2.75) is 53.9 Å². The summed E-state index contributed by atoms with van der Waals surface area (Å²) >= 11 is 0. The zero-order chi connectivity index (χ0) is 13.9. The second-order valence-electron chi connectivity index (χ2n) is 6.80. The largest absolute Gasteiger partial charge is 0.295 e. The lowest BCUT2D eigenvalue weighted by Crippen LogP contribution is -2.16. The van der Waals surface area contributed by atoms with Crippen molar-refractivity contribution in [1.82, 2.24) is 0 Å². The normalized spacial score (nSPS) is 13.7. The predicted octanol–water partition coefficient (Wildman–Crippen LogP) is 5.07. The molecule has 18 heavy (non-hydrogen) atoms. The smallest absolute Gasteiger partial charge is 0.159 e. The van der Waals surface area contributed by atoms with Crippen LogP contribution in [0.2, 0.25) is 0 Å². The Morgan fingerprint density at radius 2 is 1.83 bits per heavy atom. The van der Waals surface area contributed by atoms with Gasteiger partial charge in [-0.1, -0.05) is 52.8 Å². The van der Waals surface area contributed by atoms with Crippen molar-refractivity contribution in [3.63, 3.8) is 0 Å². The lowest BCUT2D eigenvalue weighted by atomic mass is 9.76. The van der Waals surface area contributed by atoms with Crippen LogP contribution in [0.5, 0.6) is 0 Å². The van der Waals surface area contributed by atoms with Crippen molar-refractivity contribution < 1.29 is 4.79 Å². The number of rotatable bonds is 4. The molecule has 1 aromatic rings. The van der Waals surface area contributed by atoms with Crippen molar-refractivity contribution in [2.75, 3.05) is 0 Å². The zero-order valence-corrected chi connectivity index (χ0v) is 12.6. The Kier molecular flexibility index (Phi) is 4.72. The Labute approximate surface area is 112 Å². The van der Waals surface area contributed by atoms with Crippen LogP contribution < -0.4 is 0 Å². The molecule has 0 amide bonds. The molecule has 0 heterocycles. The van der Waals surface area contributed by atoms with Gasteiger partial charge >= 0.3 is 0 Å². The van der Waals surface area contributed by atoms with Crippen LogP contribution in [-0.2, 0) is 0 Å². The second-order valence-corrected chi connectivity index (χ2v) is 6.80. The van der Waals surface area contributed by atoms with Gasteiger partial charge in [0.1, 0.15) is 0 Å². The molecule has 1 heteroatoms. The van der Waals surface area contributed by atoms with Gasteiger partial charge in [0.2, 0.25) is 0 Å². The summed E-state index contributed by atoms with van der Waals surface area (Å²) in [6.45, 7) is 13.0. The third-order valence-electron chi connectivity index (χ3n) is 3.36. The third-order valence-corrected chi connectivity index (χ3v) is 3.36. The summed E-state index contributed by atoms with van der Waals surface area (Å²) in [4.78, 5) is 11.5. The zero-order valence-electron chi connectivity index (χ0n) is 12.6. The Morgan fingerprint density at radius 1 is 1.22 bits per heavy atom. The van der Waals surface area contributed by atoms with Crippen LogP contribution in [-0.4, -0.2) is 5.78 Å². The first-order chi connectivity index (χ1) is 8.20. The summed E-state index contributed by atoms with van der Waals surface area (Å²) in [7, 11) is 0. The summed E-state index contributed by atoms with van der Waals surface area (Å²) < 4.78 is 0. The first kappa shape index (κ1) is 14.9. The predicted molar refractivity (Wildman–Crippen MR) is 78.1 cm³/mol. The van der Waals surface area contributed by atoms with Crippen LogP contribution in [0.1, 0.15) is 69.8 Å². The monoisotopic (exact) mass is 246 g/mol. The van der Waals surface area contributed by atoms with Gasteiger partial charge in [-0.25, -0.2) is 0 Å².